The van der Waals surface area contributed by atoms with E-state index in [9.17, 15) is 0 Å². The third kappa shape index (κ3) is 7.99. The summed E-state index contributed by atoms with van der Waals surface area (Å²) in [4.78, 5) is 0. The monoisotopic (exact) mass is 288 g/mol. The highest BCUT2D eigenvalue weighted by Gasteiger charge is 1.92. The first kappa shape index (κ1) is 15.1. The number of hydrogen-bond donors (Lipinski definition) is 0. The van der Waals surface area contributed by atoms with Crippen LogP contribution in [0.5, 0.6) is 0 Å². The van der Waals surface area contributed by atoms with Crippen molar-refractivity contribution in [1.82, 2.24) is 0 Å². The van der Waals surface area contributed by atoms with Crippen molar-refractivity contribution in [3.63, 3.8) is 0 Å². The number of halogens is 1. The fourth-order valence-corrected chi connectivity index (χ4v) is 2.66. The van der Waals surface area contributed by atoms with Crippen molar-refractivity contribution in [2.45, 2.75) is 39.0 Å². The molecule has 0 fully saturated rings. The van der Waals surface area contributed by atoms with E-state index in [1.54, 1.807) is 0 Å². The lowest BCUT2D eigenvalue weighted by molar-refractivity contribution is 0.659. The van der Waals surface area contributed by atoms with Crippen molar-refractivity contribution >= 4 is 30.9 Å². The molecule has 1 aromatic rings. The van der Waals surface area contributed by atoms with Crippen LogP contribution in [0.1, 0.15) is 39.0 Å². The minimum Gasteiger partial charge on any atom is -0.114 e. The first-order chi connectivity index (χ1) is 6.93. The van der Waals surface area contributed by atoms with Crippen LogP contribution < -0.4 is 5.30 Å². The quantitative estimate of drug-likeness (QED) is 0.510. The normalized spacial score (nSPS) is 10.5. The van der Waals surface area contributed by atoms with Crippen LogP contribution in [0.2, 0.25) is 0 Å². The van der Waals surface area contributed by atoms with E-state index in [4.69, 9.17) is 0 Å². The number of hydrogen-bond acceptors (Lipinski definition) is 0. The Hall–Kier alpha value is 0.130. The van der Waals surface area contributed by atoms with Crippen molar-refractivity contribution in [1.29, 1.82) is 0 Å². The van der Waals surface area contributed by atoms with Gasteiger partial charge in [0.15, 0.2) is 0 Å². The molecule has 0 aliphatic heterocycles. The van der Waals surface area contributed by atoms with E-state index in [1.165, 1.54) is 43.6 Å². The SMILES string of the molecule is Br.CCCCCCCPc1ccccc1. The Morgan fingerprint density at radius 2 is 1.60 bits per heavy atom. The Morgan fingerprint density at radius 3 is 2.27 bits per heavy atom. The maximum absolute atomic E-state index is 2.27. The summed E-state index contributed by atoms with van der Waals surface area (Å²) in [5.74, 6) is 0. The summed E-state index contributed by atoms with van der Waals surface area (Å²) < 4.78 is 0. The van der Waals surface area contributed by atoms with Crippen LogP contribution in [-0.2, 0) is 0 Å². The minimum atomic E-state index is 0. The molecular weight excluding hydrogens is 267 g/mol. The van der Waals surface area contributed by atoms with Gasteiger partial charge < -0.3 is 0 Å². The average Bonchev–Trinajstić information content (AvgIpc) is 2.25. The molecule has 0 saturated heterocycles. The molecule has 0 heterocycles. The Kier molecular flexibility index (Phi) is 10.7. The van der Waals surface area contributed by atoms with Crippen molar-refractivity contribution in [2.24, 2.45) is 0 Å². The van der Waals surface area contributed by atoms with E-state index in [2.05, 4.69) is 37.3 Å². The van der Waals surface area contributed by atoms with E-state index >= 15 is 0 Å². The molecule has 1 atom stereocenters. The van der Waals surface area contributed by atoms with Crippen LogP contribution in [-0.4, -0.2) is 6.16 Å². The van der Waals surface area contributed by atoms with Gasteiger partial charge in [-0.05, 0) is 17.9 Å². The molecular formula is C13H22BrP. The lowest BCUT2D eigenvalue weighted by atomic mass is 10.2. The summed E-state index contributed by atoms with van der Waals surface area (Å²) in [6, 6.07) is 10.9. The zero-order valence-electron chi connectivity index (χ0n) is 9.54. The van der Waals surface area contributed by atoms with Gasteiger partial charge in [0.2, 0.25) is 0 Å². The molecule has 1 aromatic carbocycles. The molecule has 0 aromatic heterocycles. The lowest BCUT2D eigenvalue weighted by Crippen LogP contribution is -1.93. The van der Waals surface area contributed by atoms with E-state index in [0.29, 0.717) is 0 Å². The highest BCUT2D eigenvalue weighted by molar-refractivity contribution is 8.93. The van der Waals surface area contributed by atoms with Crippen molar-refractivity contribution < 1.29 is 0 Å². The van der Waals surface area contributed by atoms with E-state index in [0.717, 1.165) is 8.58 Å². The van der Waals surface area contributed by atoms with Crippen LogP contribution in [0.25, 0.3) is 0 Å². The van der Waals surface area contributed by atoms with Crippen LogP contribution in [0, 0.1) is 0 Å². The smallest absolute Gasteiger partial charge is 0.0271 e. The Bertz CT molecular complexity index is 223. The second-order valence-corrected chi connectivity index (χ2v) is 5.14. The highest BCUT2D eigenvalue weighted by atomic mass is 79.9. The van der Waals surface area contributed by atoms with Gasteiger partial charge in [-0.1, -0.05) is 71.5 Å². The first-order valence-electron chi connectivity index (χ1n) is 5.72. The molecule has 0 aliphatic rings. The van der Waals surface area contributed by atoms with Crippen molar-refractivity contribution in [3.8, 4) is 0 Å². The topological polar surface area (TPSA) is 0 Å². The molecule has 0 aliphatic carbocycles. The third-order valence-corrected chi connectivity index (χ3v) is 3.73. The van der Waals surface area contributed by atoms with Gasteiger partial charge >= 0.3 is 0 Å². The molecule has 0 saturated carbocycles. The molecule has 2 heteroatoms. The largest absolute Gasteiger partial charge is 0.114 e. The maximum atomic E-state index is 2.27. The van der Waals surface area contributed by atoms with E-state index in [-0.39, 0.29) is 17.0 Å². The summed E-state index contributed by atoms with van der Waals surface area (Å²) in [6.45, 7) is 2.27. The predicted molar refractivity (Wildman–Crippen MR) is 78.3 cm³/mol. The maximum Gasteiger partial charge on any atom is -0.0271 e. The standard InChI is InChI=1S/C13H21P.BrH/c1-2-3-4-5-9-12-14-13-10-7-6-8-11-13;/h6-8,10-11,14H,2-5,9,12H2,1H3;1H. The summed E-state index contributed by atoms with van der Waals surface area (Å²) in [7, 11) is 1.02. The number of unbranched alkanes of at least 4 members (excludes halogenated alkanes) is 4. The van der Waals surface area contributed by atoms with E-state index in [1.807, 2.05) is 0 Å². The van der Waals surface area contributed by atoms with Gasteiger partial charge in [-0.15, -0.1) is 17.0 Å². The van der Waals surface area contributed by atoms with Crippen LogP contribution in [0.15, 0.2) is 30.3 Å². The molecule has 0 bridgehead atoms. The Morgan fingerprint density at radius 1 is 0.933 bits per heavy atom. The summed E-state index contributed by atoms with van der Waals surface area (Å²) in [5.41, 5.74) is 0. The zero-order valence-corrected chi connectivity index (χ0v) is 12.3. The van der Waals surface area contributed by atoms with Gasteiger partial charge in [-0.25, -0.2) is 0 Å². The molecule has 0 amide bonds. The number of rotatable bonds is 7. The van der Waals surface area contributed by atoms with Gasteiger partial charge in [0.05, 0.1) is 0 Å². The van der Waals surface area contributed by atoms with E-state index < -0.39 is 0 Å². The lowest BCUT2D eigenvalue weighted by Gasteiger charge is -2.01. The molecule has 15 heavy (non-hydrogen) atoms. The highest BCUT2D eigenvalue weighted by Crippen LogP contribution is 2.13. The second-order valence-electron chi connectivity index (χ2n) is 3.71. The predicted octanol–water partition coefficient (Wildman–Crippen LogP) is 4.54. The van der Waals surface area contributed by atoms with Gasteiger partial charge in [0.1, 0.15) is 0 Å². The summed E-state index contributed by atoms with van der Waals surface area (Å²) in [6.07, 6.45) is 8.40. The van der Waals surface area contributed by atoms with Gasteiger partial charge in [0.25, 0.3) is 0 Å². The molecule has 1 unspecified atom stereocenters. The molecule has 0 spiro atoms. The minimum absolute atomic E-state index is 0. The first-order valence-corrected chi connectivity index (χ1v) is 6.93. The summed E-state index contributed by atoms with van der Waals surface area (Å²) in [5, 5.41) is 1.52. The molecule has 0 nitrogen and oxygen atoms in total. The molecule has 0 N–H and O–H groups in total. The van der Waals surface area contributed by atoms with Gasteiger partial charge in [-0.3, -0.25) is 0 Å². The number of benzene rings is 1. The Balaban J connectivity index is 0.00000196. The molecule has 86 valence electrons. The summed E-state index contributed by atoms with van der Waals surface area (Å²) >= 11 is 0. The molecule has 1 rings (SSSR count). The van der Waals surface area contributed by atoms with Crippen LogP contribution >= 0.6 is 25.6 Å². The van der Waals surface area contributed by atoms with Crippen LogP contribution in [0.4, 0.5) is 0 Å². The second kappa shape index (κ2) is 10.6. The Labute approximate surface area is 106 Å². The molecule has 0 radical (unpaired) electrons. The fourth-order valence-electron chi connectivity index (χ4n) is 1.52. The van der Waals surface area contributed by atoms with Crippen molar-refractivity contribution in [2.75, 3.05) is 6.16 Å². The van der Waals surface area contributed by atoms with Gasteiger partial charge in [0, 0.05) is 0 Å². The zero-order chi connectivity index (χ0) is 10.1. The van der Waals surface area contributed by atoms with Crippen LogP contribution in [0.3, 0.4) is 0 Å². The third-order valence-electron chi connectivity index (χ3n) is 2.38. The van der Waals surface area contributed by atoms with Crippen molar-refractivity contribution in [3.05, 3.63) is 30.3 Å². The van der Waals surface area contributed by atoms with Gasteiger partial charge in [-0.2, -0.15) is 0 Å². The average molecular weight is 289 g/mol. The fraction of sp³-hybridized carbons (Fsp3) is 0.538.